The van der Waals surface area contributed by atoms with Crippen LogP contribution < -0.4 is 10.6 Å². The minimum atomic E-state index is 0.0771. The molecule has 1 aliphatic rings. The number of pyridine rings is 1. The van der Waals surface area contributed by atoms with Crippen LogP contribution in [0.25, 0.3) is 0 Å². The molecule has 0 bridgehead atoms. The summed E-state index contributed by atoms with van der Waals surface area (Å²) in [6, 6.07) is 2.18. The molecular weight excluding hydrogens is 305 g/mol. The minimum absolute atomic E-state index is 0.0771. The van der Waals surface area contributed by atoms with E-state index in [2.05, 4.69) is 31.5 Å². The molecule has 1 saturated carbocycles. The summed E-state index contributed by atoms with van der Waals surface area (Å²) < 4.78 is 0.833. The lowest BCUT2D eigenvalue weighted by molar-refractivity contribution is -0.120. The Morgan fingerprint density at radius 1 is 1.59 bits per heavy atom. The number of amides is 1. The van der Waals surface area contributed by atoms with Crippen LogP contribution in [0.5, 0.6) is 0 Å². The van der Waals surface area contributed by atoms with Crippen LogP contribution in [0.15, 0.2) is 16.7 Å². The first-order valence-electron chi connectivity index (χ1n) is 5.49. The maximum atomic E-state index is 11.4. The van der Waals surface area contributed by atoms with Crippen molar-refractivity contribution >= 4 is 39.3 Å². The molecule has 17 heavy (non-hydrogen) atoms. The van der Waals surface area contributed by atoms with E-state index in [1.165, 1.54) is 0 Å². The molecule has 1 amide bonds. The monoisotopic (exact) mass is 317 g/mol. The van der Waals surface area contributed by atoms with Gasteiger partial charge in [0.25, 0.3) is 0 Å². The van der Waals surface area contributed by atoms with Gasteiger partial charge < -0.3 is 10.6 Å². The first kappa shape index (κ1) is 12.6. The molecule has 0 aliphatic heterocycles. The largest absolute Gasteiger partial charge is 0.368 e. The third-order valence-corrected chi connectivity index (χ3v) is 3.12. The number of carbonyl (C=O) groups excluding carboxylic acids is 1. The van der Waals surface area contributed by atoms with E-state index in [0.717, 1.165) is 17.3 Å². The Bertz CT molecular complexity index is 423. The highest BCUT2D eigenvalue weighted by Gasteiger charge is 2.22. The van der Waals surface area contributed by atoms with Gasteiger partial charge in [-0.3, -0.25) is 4.79 Å². The first-order valence-corrected chi connectivity index (χ1v) is 6.66. The van der Waals surface area contributed by atoms with Crippen molar-refractivity contribution in [3.63, 3.8) is 0 Å². The standard InChI is InChI=1S/C11H13BrClN3O/c12-7-5-9(13)11(15-6-7)14-4-3-10(17)16-8-1-2-8/h5-6,8H,1-4H2,(H,14,15)(H,16,17). The topological polar surface area (TPSA) is 54.0 Å². The number of rotatable bonds is 5. The van der Waals surface area contributed by atoms with E-state index >= 15 is 0 Å². The number of anilines is 1. The quantitative estimate of drug-likeness (QED) is 0.877. The molecule has 0 unspecified atom stereocenters. The van der Waals surface area contributed by atoms with Crippen LogP contribution in [-0.4, -0.2) is 23.5 Å². The summed E-state index contributed by atoms with van der Waals surface area (Å²) in [4.78, 5) is 15.5. The molecule has 0 radical (unpaired) electrons. The summed E-state index contributed by atoms with van der Waals surface area (Å²) in [6.07, 6.45) is 4.32. The van der Waals surface area contributed by atoms with Gasteiger partial charge in [-0.25, -0.2) is 4.98 Å². The van der Waals surface area contributed by atoms with Crippen LogP contribution in [0.4, 0.5) is 5.82 Å². The molecular formula is C11H13BrClN3O. The zero-order chi connectivity index (χ0) is 12.3. The molecule has 1 aromatic rings. The summed E-state index contributed by atoms with van der Waals surface area (Å²) >= 11 is 9.27. The van der Waals surface area contributed by atoms with Gasteiger partial charge in [-0.15, -0.1) is 0 Å². The molecule has 1 fully saturated rings. The van der Waals surface area contributed by atoms with Crippen LogP contribution in [0.3, 0.4) is 0 Å². The van der Waals surface area contributed by atoms with Gasteiger partial charge in [-0.2, -0.15) is 0 Å². The highest BCUT2D eigenvalue weighted by atomic mass is 79.9. The van der Waals surface area contributed by atoms with Gasteiger partial charge in [-0.05, 0) is 34.8 Å². The Morgan fingerprint density at radius 3 is 3.00 bits per heavy atom. The molecule has 2 rings (SSSR count). The van der Waals surface area contributed by atoms with E-state index in [1.54, 1.807) is 12.3 Å². The molecule has 6 heteroatoms. The molecule has 4 nitrogen and oxygen atoms in total. The van der Waals surface area contributed by atoms with Crippen molar-refractivity contribution in [2.24, 2.45) is 0 Å². The summed E-state index contributed by atoms with van der Waals surface area (Å²) in [5.41, 5.74) is 0. The summed E-state index contributed by atoms with van der Waals surface area (Å²) in [7, 11) is 0. The van der Waals surface area contributed by atoms with Crippen molar-refractivity contribution in [3.8, 4) is 0 Å². The fourth-order valence-corrected chi connectivity index (χ4v) is 2.06. The highest BCUT2D eigenvalue weighted by Crippen LogP contribution is 2.22. The van der Waals surface area contributed by atoms with Crippen molar-refractivity contribution in [3.05, 3.63) is 21.8 Å². The average molecular weight is 319 g/mol. The molecule has 1 heterocycles. The third kappa shape index (κ3) is 4.16. The van der Waals surface area contributed by atoms with E-state index in [9.17, 15) is 4.79 Å². The Balaban J connectivity index is 1.75. The van der Waals surface area contributed by atoms with E-state index in [-0.39, 0.29) is 5.91 Å². The zero-order valence-electron chi connectivity index (χ0n) is 9.17. The molecule has 2 N–H and O–H groups in total. The van der Waals surface area contributed by atoms with Crippen LogP contribution in [0.2, 0.25) is 5.02 Å². The lowest BCUT2D eigenvalue weighted by Gasteiger charge is -2.07. The van der Waals surface area contributed by atoms with Crippen molar-refractivity contribution in [2.75, 3.05) is 11.9 Å². The molecule has 1 aliphatic carbocycles. The lowest BCUT2D eigenvalue weighted by atomic mass is 10.3. The van der Waals surface area contributed by atoms with Crippen LogP contribution in [-0.2, 0) is 4.79 Å². The van der Waals surface area contributed by atoms with Gasteiger partial charge in [0.05, 0.1) is 5.02 Å². The number of carbonyl (C=O) groups is 1. The normalized spacial score (nSPS) is 14.5. The predicted molar refractivity (Wildman–Crippen MR) is 71.2 cm³/mol. The Hall–Kier alpha value is -0.810. The van der Waals surface area contributed by atoms with E-state index in [0.29, 0.717) is 29.8 Å². The number of aromatic nitrogens is 1. The van der Waals surface area contributed by atoms with Gasteiger partial charge >= 0.3 is 0 Å². The summed E-state index contributed by atoms with van der Waals surface area (Å²) in [6.45, 7) is 0.535. The fraction of sp³-hybridized carbons (Fsp3) is 0.455. The minimum Gasteiger partial charge on any atom is -0.368 e. The molecule has 92 valence electrons. The highest BCUT2D eigenvalue weighted by molar-refractivity contribution is 9.10. The first-order chi connectivity index (χ1) is 8.15. The van der Waals surface area contributed by atoms with E-state index in [1.807, 2.05) is 0 Å². The molecule has 0 saturated heterocycles. The maximum Gasteiger partial charge on any atom is 0.221 e. The van der Waals surface area contributed by atoms with E-state index < -0.39 is 0 Å². The predicted octanol–water partition coefficient (Wildman–Crippen LogP) is 2.58. The fourth-order valence-electron chi connectivity index (χ4n) is 1.37. The second kappa shape index (κ2) is 5.69. The third-order valence-electron chi connectivity index (χ3n) is 2.39. The molecule has 0 atom stereocenters. The smallest absolute Gasteiger partial charge is 0.221 e. The maximum absolute atomic E-state index is 11.4. The number of hydrogen-bond acceptors (Lipinski definition) is 3. The van der Waals surface area contributed by atoms with Gasteiger partial charge in [0.15, 0.2) is 0 Å². The second-order valence-electron chi connectivity index (χ2n) is 4.00. The van der Waals surface area contributed by atoms with Crippen molar-refractivity contribution in [2.45, 2.75) is 25.3 Å². The number of nitrogens with zero attached hydrogens (tertiary/aromatic N) is 1. The van der Waals surface area contributed by atoms with Gasteiger partial charge in [0, 0.05) is 29.7 Å². The number of hydrogen-bond donors (Lipinski definition) is 2. The lowest BCUT2D eigenvalue weighted by Crippen LogP contribution is -2.27. The van der Waals surface area contributed by atoms with Gasteiger partial charge in [0.1, 0.15) is 5.82 Å². The molecule has 1 aromatic heterocycles. The van der Waals surface area contributed by atoms with Crippen molar-refractivity contribution in [1.29, 1.82) is 0 Å². The van der Waals surface area contributed by atoms with Crippen molar-refractivity contribution in [1.82, 2.24) is 10.3 Å². The molecule has 0 spiro atoms. The average Bonchev–Trinajstić information content (AvgIpc) is 3.05. The SMILES string of the molecule is O=C(CCNc1ncc(Br)cc1Cl)NC1CC1. The van der Waals surface area contributed by atoms with Crippen LogP contribution in [0.1, 0.15) is 19.3 Å². The molecule has 0 aromatic carbocycles. The Labute approximate surface area is 113 Å². The number of halogens is 2. The Kier molecular flexibility index (Phi) is 4.23. The van der Waals surface area contributed by atoms with E-state index in [4.69, 9.17) is 11.6 Å². The second-order valence-corrected chi connectivity index (χ2v) is 5.33. The zero-order valence-corrected chi connectivity index (χ0v) is 11.5. The van der Waals surface area contributed by atoms with Gasteiger partial charge in [-0.1, -0.05) is 11.6 Å². The van der Waals surface area contributed by atoms with Crippen LogP contribution >= 0.6 is 27.5 Å². The van der Waals surface area contributed by atoms with Crippen LogP contribution in [0, 0.1) is 0 Å². The van der Waals surface area contributed by atoms with Gasteiger partial charge in [0.2, 0.25) is 5.91 Å². The summed E-state index contributed by atoms with van der Waals surface area (Å²) in [5, 5.41) is 6.51. The summed E-state index contributed by atoms with van der Waals surface area (Å²) in [5.74, 6) is 0.683. The number of nitrogens with one attached hydrogen (secondary N) is 2. The van der Waals surface area contributed by atoms with Crippen molar-refractivity contribution < 1.29 is 4.79 Å². The Morgan fingerprint density at radius 2 is 2.35 bits per heavy atom.